The van der Waals surface area contributed by atoms with E-state index < -0.39 is 6.04 Å². The summed E-state index contributed by atoms with van der Waals surface area (Å²) in [5.41, 5.74) is 7.14. The number of carbonyl (C=O) groups is 1. The number of amides is 1. The molecule has 106 valence electrons. The van der Waals surface area contributed by atoms with Gasteiger partial charge in [0.1, 0.15) is 0 Å². The highest BCUT2D eigenvalue weighted by atomic mass is 16.2. The molecule has 0 saturated heterocycles. The van der Waals surface area contributed by atoms with Crippen LogP contribution < -0.4 is 11.1 Å². The zero-order valence-corrected chi connectivity index (χ0v) is 12.2. The minimum Gasteiger partial charge on any atom is -0.352 e. The maximum atomic E-state index is 12.0. The zero-order valence-electron chi connectivity index (χ0n) is 12.2. The summed E-state index contributed by atoms with van der Waals surface area (Å²) in [6, 6.07) is 10.00. The van der Waals surface area contributed by atoms with Crippen LogP contribution in [-0.2, 0) is 11.2 Å². The van der Waals surface area contributed by atoms with Gasteiger partial charge in [-0.05, 0) is 24.3 Å². The van der Waals surface area contributed by atoms with Crippen molar-refractivity contribution >= 4 is 5.91 Å². The number of rotatable bonds is 7. The lowest BCUT2D eigenvalue weighted by molar-refractivity contribution is -0.124. The maximum absolute atomic E-state index is 12.0. The number of nitrogens with one attached hydrogen (secondary N) is 1. The SMILES string of the molecule is CCCC(Cc1ccccc1)NC(=O)[C@@H](N)C(C)C. The molecule has 3 nitrogen and oxygen atoms in total. The van der Waals surface area contributed by atoms with Gasteiger partial charge in [-0.2, -0.15) is 0 Å². The van der Waals surface area contributed by atoms with Crippen LogP contribution in [0, 0.1) is 5.92 Å². The van der Waals surface area contributed by atoms with Crippen molar-refractivity contribution in [3.63, 3.8) is 0 Å². The Hall–Kier alpha value is -1.35. The Bertz CT molecular complexity index is 376. The summed E-state index contributed by atoms with van der Waals surface area (Å²) in [5, 5.41) is 3.08. The molecule has 0 aromatic heterocycles. The third-order valence-electron chi connectivity index (χ3n) is 3.33. The maximum Gasteiger partial charge on any atom is 0.237 e. The van der Waals surface area contributed by atoms with Crippen molar-refractivity contribution < 1.29 is 4.79 Å². The van der Waals surface area contributed by atoms with Gasteiger partial charge < -0.3 is 11.1 Å². The van der Waals surface area contributed by atoms with E-state index in [2.05, 4.69) is 24.4 Å². The van der Waals surface area contributed by atoms with Gasteiger partial charge in [0.15, 0.2) is 0 Å². The van der Waals surface area contributed by atoms with Crippen molar-refractivity contribution in [2.75, 3.05) is 0 Å². The summed E-state index contributed by atoms with van der Waals surface area (Å²) >= 11 is 0. The summed E-state index contributed by atoms with van der Waals surface area (Å²) in [7, 11) is 0. The Balaban J connectivity index is 2.60. The van der Waals surface area contributed by atoms with Gasteiger partial charge in [0.25, 0.3) is 0 Å². The fourth-order valence-corrected chi connectivity index (χ4v) is 2.07. The average Bonchev–Trinajstić information content (AvgIpc) is 2.39. The molecule has 19 heavy (non-hydrogen) atoms. The van der Waals surface area contributed by atoms with Crippen LogP contribution in [0.1, 0.15) is 39.2 Å². The van der Waals surface area contributed by atoms with Crippen LogP contribution in [0.3, 0.4) is 0 Å². The van der Waals surface area contributed by atoms with Gasteiger partial charge in [0, 0.05) is 6.04 Å². The van der Waals surface area contributed by atoms with Crippen molar-refractivity contribution in [2.24, 2.45) is 11.7 Å². The summed E-state index contributed by atoms with van der Waals surface area (Å²) in [6.45, 7) is 6.07. The van der Waals surface area contributed by atoms with Gasteiger partial charge in [0.05, 0.1) is 6.04 Å². The Morgan fingerprint density at radius 3 is 2.42 bits per heavy atom. The van der Waals surface area contributed by atoms with E-state index in [0.717, 1.165) is 19.3 Å². The normalized spacial score (nSPS) is 14.2. The quantitative estimate of drug-likeness (QED) is 0.793. The average molecular weight is 262 g/mol. The Kier molecular flexibility index (Phi) is 6.57. The van der Waals surface area contributed by atoms with E-state index in [4.69, 9.17) is 5.73 Å². The third-order valence-corrected chi connectivity index (χ3v) is 3.33. The molecule has 1 aromatic carbocycles. The number of nitrogens with two attached hydrogens (primary N) is 1. The number of hydrogen-bond donors (Lipinski definition) is 2. The predicted octanol–water partition coefficient (Wildman–Crippen LogP) is 2.50. The largest absolute Gasteiger partial charge is 0.352 e. The highest BCUT2D eigenvalue weighted by Gasteiger charge is 2.20. The first-order valence-corrected chi connectivity index (χ1v) is 7.14. The molecule has 2 atom stereocenters. The Morgan fingerprint density at radius 2 is 1.89 bits per heavy atom. The van der Waals surface area contributed by atoms with Crippen LogP contribution in [-0.4, -0.2) is 18.0 Å². The van der Waals surface area contributed by atoms with Crippen molar-refractivity contribution in [2.45, 2.75) is 52.1 Å². The van der Waals surface area contributed by atoms with E-state index in [-0.39, 0.29) is 17.9 Å². The second-order valence-corrected chi connectivity index (χ2v) is 5.45. The molecule has 1 aromatic rings. The molecule has 1 rings (SSSR count). The van der Waals surface area contributed by atoms with E-state index in [1.165, 1.54) is 5.56 Å². The first-order chi connectivity index (χ1) is 9.04. The monoisotopic (exact) mass is 262 g/mol. The third kappa shape index (κ3) is 5.43. The van der Waals surface area contributed by atoms with E-state index in [9.17, 15) is 4.79 Å². The molecular formula is C16H26N2O. The molecule has 0 heterocycles. The number of benzene rings is 1. The second kappa shape index (κ2) is 7.95. The first-order valence-electron chi connectivity index (χ1n) is 7.14. The minimum atomic E-state index is -0.421. The molecular weight excluding hydrogens is 236 g/mol. The number of carbonyl (C=O) groups excluding carboxylic acids is 1. The molecule has 0 spiro atoms. The van der Waals surface area contributed by atoms with Gasteiger partial charge in [-0.15, -0.1) is 0 Å². The van der Waals surface area contributed by atoms with E-state index in [0.29, 0.717) is 0 Å². The van der Waals surface area contributed by atoms with Crippen LogP contribution in [0.2, 0.25) is 0 Å². The summed E-state index contributed by atoms with van der Waals surface area (Å²) in [5.74, 6) is 0.128. The first kappa shape index (κ1) is 15.7. The molecule has 0 radical (unpaired) electrons. The Labute approximate surface area is 116 Å². The van der Waals surface area contributed by atoms with Crippen LogP contribution >= 0.6 is 0 Å². The molecule has 0 aliphatic heterocycles. The summed E-state index contributed by atoms with van der Waals surface area (Å²) in [6.07, 6.45) is 2.89. The summed E-state index contributed by atoms with van der Waals surface area (Å²) in [4.78, 5) is 12.0. The van der Waals surface area contributed by atoms with Crippen molar-refractivity contribution in [1.29, 1.82) is 0 Å². The minimum absolute atomic E-state index is 0.0376. The molecule has 3 heteroatoms. The van der Waals surface area contributed by atoms with Gasteiger partial charge in [0.2, 0.25) is 5.91 Å². The topological polar surface area (TPSA) is 55.1 Å². The molecule has 3 N–H and O–H groups in total. The molecule has 1 amide bonds. The fourth-order valence-electron chi connectivity index (χ4n) is 2.07. The van der Waals surface area contributed by atoms with Crippen molar-refractivity contribution in [1.82, 2.24) is 5.32 Å². The number of hydrogen-bond acceptors (Lipinski definition) is 2. The molecule has 0 bridgehead atoms. The fraction of sp³-hybridized carbons (Fsp3) is 0.562. The van der Waals surface area contributed by atoms with Crippen LogP contribution in [0.4, 0.5) is 0 Å². The van der Waals surface area contributed by atoms with Crippen LogP contribution in [0.15, 0.2) is 30.3 Å². The van der Waals surface area contributed by atoms with Gasteiger partial charge in [-0.3, -0.25) is 4.79 Å². The van der Waals surface area contributed by atoms with Crippen LogP contribution in [0.25, 0.3) is 0 Å². The second-order valence-electron chi connectivity index (χ2n) is 5.45. The highest BCUT2D eigenvalue weighted by molar-refractivity contribution is 5.82. The summed E-state index contributed by atoms with van der Waals surface area (Å²) < 4.78 is 0. The molecule has 0 aliphatic rings. The van der Waals surface area contributed by atoms with E-state index in [1.807, 2.05) is 32.0 Å². The van der Waals surface area contributed by atoms with E-state index in [1.54, 1.807) is 0 Å². The van der Waals surface area contributed by atoms with Gasteiger partial charge >= 0.3 is 0 Å². The molecule has 0 saturated carbocycles. The zero-order chi connectivity index (χ0) is 14.3. The molecule has 0 aliphatic carbocycles. The molecule has 1 unspecified atom stereocenters. The standard InChI is InChI=1S/C16H26N2O/c1-4-8-14(11-13-9-6-5-7-10-13)18-16(19)15(17)12(2)3/h5-7,9-10,12,14-15H,4,8,11,17H2,1-3H3,(H,18,19)/t14?,15-/m0/s1. The lowest BCUT2D eigenvalue weighted by Gasteiger charge is -2.22. The lowest BCUT2D eigenvalue weighted by Crippen LogP contribution is -2.48. The lowest BCUT2D eigenvalue weighted by atomic mass is 10.00. The van der Waals surface area contributed by atoms with E-state index >= 15 is 0 Å². The van der Waals surface area contributed by atoms with Gasteiger partial charge in [-0.1, -0.05) is 57.5 Å². The highest BCUT2D eigenvalue weighted by Crippen LogP contribution is 2.08. The van der Waals surface area contributed by atoms with Crippen molar-refractivity contribution in [3.8, 4) is 0 Å². The van der Waals surface area contributed by atoms with Gasteiger partial charge in [-0.25, -0.2) is 0 Å². The molecule has 0 fully saturated rings. The Morgan fingerprint density at radius 1 is 1.26 bits per heavy atom. The predicted molar refractivity (Wildman–Crippen MR) is 79.8 cm³/mol. The van der Waals surface area contributed by atoms with Crippen LogP contribution in [0.5, 0.6) is 0 Å². The van der Waals surface area contributed by atoms with Crippen molar-refractivity contribution in [3.05, 3.63) is 35.9 Å². The smallest absolute Gasteiger partial charge is 0.237 e.